The lowest BCUT2D eigenvalue weighted by Crippen LogP contribution is -2.55. The highest BCUT2D eigenvalue weighted by Crippen LogP contribution is 2.37. The van der Waals surface area contributed by atoms with Gasteiger partial charge in [0.25, 0.3) is 6.29 Å². The second-order valence-corrected chi connectivity index (χ2v) is 17.7. The molecule has 0 radical (unpaired) electrons. The number of ether oxygens (including phenoxy) is 9. The largest absolute Gasteiger partial charge is 0.474 e. The first kappa shape index (κ1) is 50.5. The SMILES string of the molecule is Nc1ncnc2c1ncn2C1COC(COC(O)C(=S)C2CO2)C(O)C1OC(=S)C(O)OCC1OC(n2cnc3c(N)ncnc32)C(OC(=O)C(O)OCC2OC(n3cnc4c(N)ncnc43)C(O)C2O)C1O. The van der Waals surface area contributed by atoms with Crippen LogP contribution in [0.2, 0.25) is 0 Å². The lowest BCUT2D eigenvalue weighted by Gasteiger charge is -2.41. The van der Waals surface area contributed by atoms with Crippen molar-refractivity contribution in [3.8, 4) is 0 Å². The summed E-state index contributed by atoms with van der Waals surface area (Å²) in [5.41, 5.74) is 19.0. The quantitative estimate of drug-likeness (QED) is 0.0166. The molecule has 0 spiro atoms. The van der Waals surface area contributed by atoms with Crippen LogP contribution in [0.4, 0.5) is 17.5 Å². The van der Waals surface area contributed by atoms with E-state index in [-0.39, 0.29) is 69.0 Å². The molecule has 13 N–H and O–H groups in total. The number of nitrogens with two attached hydrogens (primary N) is 3. The van der Waals surface area contributed by atoms with Gasteiger partial charge >= 0.3 is 5.97 Å². The van der Waals surface area contributed by atoms with Crippen LogP contribution < -0.4 is 17.2 Å². The maximum Gasteiger partial charge on any atom is 0.363 e. The first-order valence-corrected chi connectivity index (χ1v) is 22.8. The predicted molar refractivity (Wildman–Crippen MR) is 245 cm³/mol. The molecule has 4 fully saturated rings. The standard InChI is InChI=1S/C39H45N15O17S2/c40-27-17-30(46-6-43-27)52(9-49-17)12-1-63-13(2-65-35(59)26(72)16-5-64-16)21(56)24(12)71-39(73)38(62)67-4-15-22(57)25(34(69-15)54-11-51-19-29(42)45-8-48-32(19)54)70-37(61)36(60)66-3-14-20(55)23(58)33(68-14)53-10-50-18-28(41)44-7-47-31(18)53/h6-16,20-25,33-36,38,55-60,62H,1-5H2,(H2,40,43,46)(H2,41,44,47)(H2,42,45,48). The van der Waals surface area contributed by atoms with Crippen LogP contribution in [0, 0.1) is 0 Å². The highest BCUT2D eigenvalue weighted by atomic mass is 32.1. The summed E-state index contributed by atoms with van der Waals surface area (Å²) in [4.78, 5) is 50.6. The smallest absolute Gasteiger partial charge is 0.363 e. The minimum atomic E-state index is -2.36. The van der Waals surface area contributed by atoms with Gasteiger partial charge in [-0.1, -0.05) is 12.2 Å². The average molecular weight is 1060 g/mol. The number of epoxide rings is 1. The molecule has 0 bridgehead atoms. The van der Waals surface area contributed by atoms with Crippen molar-refractivity contribution in [2.45, 2.75) is 98.4 Å². The Morgan fingerprint density at radius 3 is 1.66 bits per heavy atom. The Kier molecular flexibility index (Phi) is 14.3. The van der Waals surface area contributed by atoms with Gasteiger partial charge in [-0.2, -0.15) is 0 Å². The molecule has 0 saturated carbocycles. The van der Waals surface area contributed by atoms with E-state index < -0.39 is 123 Å². The van der Waals surface area contributed by atoms with E-state index in [1.54, 1.807) is 0 Å². The third kappa shape index (κ3) is 9.79. The summed E-state index contributed by atoms with van der Waals surface area (Å²) in [6.07, 6.45) is -15.0. The Labute approximate surface area is 418 Å². The molecule has 0 amide bonds. The number of aliphatic hydroxyl groups is 7. The minimum absolute atomic E-state index is 0.0155. The fraction of sp³-hybridized carbons (Fsp3) is 0.538. The van der Waals surface area contributed by atoms with Crippen molar-refractivity contribution in [3.05, 3.63) is 38.0 Å². The van der Waals surface area contributed by atoms with E-state index in [0.717, 1.165) is 6.33 Å². The van der Waals surface area contributed by atoms with Crippen LogP contribution in [0.3, 0.4) is 0 Å². The van der Waals surface area contributed by atoms with E-state index in [1.807, 2.05) is 0 Å². The monoisotopic (exact) mass is 1060 g/mol. The highest BCUT2D eigenvalue weighted by molar-refractivity contribution is 7.80. The number of imidazole rings is 3. The summed E-state index contributed by atoms with van der Waals surface area (Å²) >= 11 is 10.7. The van der Waals surface area contributed by atoms with Crippen molar-refractivity contribution < 1.29 is 83.2 Å². The van der Waals surface area contributed by atoms with Crippen molar-refractivity contribution in [3.63, 3.8) is 0 Å². The fourth-order valence-corrected chi connectivity index (χ4v) is 8.83. The Bertz CT molecular complexity index is 3010. The molecule has 16 atom stereocenters. The topological polar surface area (TPSA) is 454 Å². The molecule has 16 unspecified atom stereocenters. The second kappa shape index (κ2) is 20.7. The van der Waals surface area contributed by atoms with Gasteiger partial charge in [-0.25, -0.2) is 49.7 Å². The molecule has 6 aromatic rings. The number of anilines is 3. The molecule has 4 saturated heterocycles. The molecule has 32 nitrogen and oxygen atoms in total. The number of thiocarbonyl (C=S) groups is 2. The third-order valence-corrected chi connectivity index (χ3v) is 13.1. The number of hydrogen-bond acceptors (Lipinski definition) is 31. The molecule has 0 aromatic carbocycles. The van der Waals surface area contributed by atoms with Crippen molar-refractivity contribution in [2.24, 2.45) is 0 Å². The summed E-state index contributed by atoms with van der Waals surface area (Å²) in [6, 6.07) is -0.932. The van der Waals surface area contributed by atoms with E-state index in [2.05, 4.69) is 44.9 Å². The Balaban J connectivity index is 0.810. The number of nitrogens with zero attached hydrogens (tertiary/aromatic N) is 12. The van der Waals surface area contributed by atoms with Gasteiger partial charge in [-0.3, -0.25) is 9.13 Å². The molecule has 10 rings (SSSR count). The molecular weight excluding hydrogens is 1010 g/mol. The Morgan fingerprint density at radius 1 is 0.589 bits per heavy atom. The first-order valence-electron chi connectivity index (χ1n) is 22.0. The number of nitrogen functional groups attached to an aromatic ring is 3. The first-order chi connectivity index (χ1) is 35.1. The van der Waals surface area contributed by atoms with Crippen molar-refractivity contribution >= 4 is 91.3 Å². The van der Waals surface area contributed by atoms with Crippen LogP contribution in [-0.2, 0) is 47.4 Å². The zero-order valence-electron chi connectivity index (χ0n) is 37.4. The number of hydrogen-bond donors (Lipinski definition) is 10. The molecule has 73 heavy (non-hydrogen) atoms. The van der Waals surface area contributed by atoms with Gasteiger partial charge in [0.2, 0.25) is 11.3 Å². The van der Waals surface area contributed by atoms with Gasteiger partial charge in [-0.05, 0) is 12.2 Å². The lowest BCUT2D eigenvalue weighted by atomic mass is 9.97. The zero-order chi connectivity index (χ0) is 51.4. The van der Waals surface area contributed by atoms with Crippen LogP contribution in [0.15, 0.2) is 38.0 Å². The van der Waals surface area contributed by atoms with E-state index >= 15 is 0 Å². The molecular formula is C39H45N15O17S2. The number of carbonyl (C=O) groups is 1. The van der Waals surface area contributed by atoms with Crippen LogP contribution in [0.25, 0.3) is 33.5 Å². The fourth-order valence-electron chi connectivity index (χ4n) is 8.45. The van der Waals surface area contributed by atoms with Crippen molar-refractivity contribution in [2.75, 3.05) is 50.2 Å². The zero-order valence-corrected chi connectivity index (χ0v) is 39.0. The highest BCUT2D eigenvalue weighted by Gasteiger charge is 2.51. The molecule has 6 aromatic heterocycles. The number of rotatable bonds is 18. The van der Waals surface area contributed by atoms with E-state index in [1.165, 1.54) is 45.3 Å². The van der Waals surface area contributed by atoms with Crippen LogP contribution >= 0.6 is 24.4 Å². The van der Waals surface area contributed by atoms with Crippen LogP contribution in [-0.4, -0.2) is 223 Å². The van der Waals surface area contributed by atoms with Gasteiger partial charge < -0.3 is 100 Å². The Morgan fingerprint density at radius 2 is 1.07 bits per heavy atom. The van der Waals surface area contributed by atoms with Crippen molar-refractivity contribution in [1.82, 2.24) is 58.6 Å². The van der Waals surface area contributed by atoms with Crippen LogP contribution in [0.1, 0.15) is 18.5 Å². The molecule has 4 aliphatic heterocycles. The lowest BCUT2D eigenvalue weighted by molar-refractivity contribution is -0.202. The molecule has 34 heteroatoms. The summed E-state index contributed by atoms with van der Waals surface area (Å²) in [6.45, 7) is -1.52. The van der Waals surface area contributed by atoms with E-state index in [0.29, 0.717) is 6.61 Å². The summed E-state index contributed by atoms with van der Waals surface area (Å²) in [7, 11) is 0. The van der Waals surface area contributed by atoms with Gasteiger partial charge in [0.15, 0.2) is 65.3 Å². The second-order valence-electron chi connectivity index (χ2n) is 16.9. The predicted octanol–water partition coefficient (Wildman–Crippen LogP) is -5.17. The normalized spacial score (nSPS) is 30.4. The van der Waals surface area contributed by atoms with Gasteiger partial charge in [0, 0.05) is 0 Å². The number of esters is 1. The molecule has 390 valence electrons. The van der Waals surface area contributed by atoms with Gasteiger partial charge in [-0.15, -0.1) is 0 Å². The van der Waals surface area contributed by atoms with Gasteiger partial charge in [0.1, 0.15) is 84.4 Å². The molecule has 10 heterocycles. The maximum atomic E-state index is 13.5. The van der Waals surface area contributed by atoms with Crippen molar-refractivity contribution in [1.29, 1.82) is 0 Å². The molecule has 4 aliphatic rings. The van der Waals surface area contributed by atoms with Gasteiger partial charge in [0.05, 0.1) is 62.9 Å². The summed E-state index contributed by atoms with van der Waals surface area (Å²) in [5.74, 6) is -1.32. The molecule has 0 aliphatic carbocycles. The number of aromatic nitrogens is 12. The summed E-state index contributed by atoms with van der Waals surface area (Å²) in [5, 5.41) is 77.0. The maximum absolute atomic E-state index is 13.5. The Hall–Kier alpha value is -6.06. The third-order valence-electron chi connectivity index (χ3n) is 12.4. The number of fused-ring (bicyclic) bond motifs is 3. The van der Waals surface area contributed by atoms with E-state index in [9.17, 15) is 40.5 Å². The van der Waals surface area contributed by atoms with E-state index in [4.69, 9.17) is 84.3 Å². The number of carbonyl (C=O) groups excluding carboxylic acids is 1. The number of aliphatic hydroxyl groups excluding tert-OH is 7. The summed E-state index contributed by atoms with van der Waals surface area (Å²) < 4.78 is 55.2. The van der Waals surface area contributed by atoms with Crippen LogP contribution in [0.5, 0.6) is 0 Å². The average Bonchev–Trinajstić information content (AvgIpc) is 3.63. The minimum Gasteiger partial charge on any atom is -0.474 e.